The van der Waals surface area contributed by atoms with Gasteiger partial charge < -0.3 is 18.9 Å². The molecule has 0 spiro atoms. The fraction of sp³-hybridized carbons (Fsp3) is 0.323. The Morgan fingerprint density at radius 2 is 0.512 bits per heavy atom. The van der Waals surface area contributed by atoms with Gasteiger partial charge in [0.15, 0.2) is 0 Å². The summed E-state index contributed by atoms with van der Waals surface area (Å²) < 4.78 is 82.3. The minimum absolute atomic E-state index is 0.00617. The Bertz CT molecular complexity index is 7450. The molecule has 0 N–H and O–H groups in total. The van der Waals surface area contributed by atoms with Gasteiger partial charge in [-0.1, -0.05) is 414 Å². The molecule has 0 bridgehead atoms. The first-order chi connectivity index (χ1) is 63.6. The minimum atomic E-state index is -0.591. The highest BCUT2D eigenvalue weighted by atomic mass is 15.2. The molecule has 0 unspecified atom stereocenters. The van der Waals surface area contributed by atoms with E-state index in [-0.39, 0.29) is 88.0 Å². The number of fused-ring (bicyclic) bond motifs is 10. The smallest absolute Gasteiger partial charge is 0.252 e. The molecule has 0 radical (unpaired) electrons. The van der Waals surface area contributed by atoms with Crippen molar-refractivity contribution in [2.45, 2.75) is 262 Å². The normalized spacial score (nSPS) is 14.6. The number of benzene rings is 14. The highest BCUT2D eigenvalue weighted by molar-refractivity contribution is 7.00. The van der Waals surface area contributed by atoms with Crippen LogP contribution in [0.15, 0.2) is 273 Å². The molecule has 0 saturated heterocycles. The summed E-state index contributed by atoms with van der Waals surface area (Å²) in [5, 5.41) is 2.28. The Labute approximate surface area is 783 Å². The lowest BCUT2D eigenvalue weighted by Crippen LogP contribution is -2.61. The topological polar surface area (TPSA) is 16.3 Å². The van der Waals surface area contributed by atoms with Crippen molar-refractivity contribution in [3.63, 3.8) is 0 Å². The van der Waals surface area contributed by atoms with Crippen molar-refractivity contribution in [1.29, 1.82) is 0 Å². The summed E-state index contributed by atoms with van der Waals surface area (Å²) in [6, 6.07) is 83.7. The highest BCUT2D eigenvalue weighted by Gasteiger charge is 2.47. The summed E-state index contributed by atoms with van der Waals surface area (Å²) in [4.78, 5) is 5.24. The van der Waals surface area contributed by atoms with Crippen molar-refractivity contribution >= 4 is 101 Å². The van der Waals surface area contributed by atoms with Crippen molar-refractivity contribution < 1.29 is 11.0 Å². The Morgan fingerprint density at radius 3 is 0.868 bits per heavy atom. The average molecular weight is 1700 g/mol. The van der Waals surface area contributed by atoms with E-state index in [0.717, 1.165) is 134 Å². The lowest BCUT2D eigenvalue weighted by atomic mass is 9.33. The molecule has 16 aromatic rings. The summed E-state index contributed by atoms with van der Waals surface area (Å²) in [5.74, 6) is 0. The van der Waals surface area contributed by atoms with Gasteiger partial charge in [0.1, 0.15) is 0 Å². The quantitative estimate of drug-likeness (QED) is 0.134. The molecule has 4 heterocycles. The zero-order valence-corrected chi connectivity index (χ0v) is 82.2. The van der Waals surface area contributed by atoms with E-state index < -0.39 is 43.0 Å². The van der Waals surface area contributed by atoms with E-state index in [2.05, 4.69) is 440 Å². The van der Waals surface area contributed by atoms with Crippen molar-refractivity contribution in [2.24, 2.45) is 0 Å². The van der Waals surface area contributed by atoms with Crippen LogP contribution in [0, 0.1) is 0 Å². The first kappa shape index (κ1) is 78.4. The second-order valence-corrected chi connectivity index (χ2v) is 47.6. The molecule has 0 fully saturated rings. The van der Waals surface area contributed by atoms with E-state index in [4.69, 9.17) is 0 Å². The van der Waals surface area contributed by atoms with Crippen molar-refractivity contribution in [2.75, 3.05) is 9.80 Å². The van der Waals surface area contributed by atoms with Crippen LogP contribution in [0.1, 0.15) is 274 Å². The van der Waals surface area contributed by atoms with Gasteiger partial charge in [-0.15, -0.1) is 0 Å². The molecule has 2 aliphatic heterocycles. The van der Waals surface area contributed by atoms with Gasteiger partial charge in [0.2, 0.25) is 0 Å². The molecule has 129 heavy (non-hydrogen) atoms. The first-order valence-electron chi connectivity index (χ1n) is 50.7. The summed E-state index contributed by atoms with van der Waals surface area (Å²) in [6.07, 6.45) is 0. The number of rotatable bonds is 9. The Hall–Kier alpha value is -11.7. The van der Waals surface area contributed by atoms with Crippen LogP contribution in [0.4, 0.5) is 34.1 Å². The van der Waals surface area contributed by atoms with Crippen LogP contribution in [0.3, 0.4) is 0 Å². The standard InChI is InChI=1S/C124H135BN4/c1-115(2,3)82-50-45-76(46-51-82)94-39-35-41-96(80-63-88(121(19,20)21)69-89(64-80)122(22,23)24)113(94)128-108-67-78(79-61-86(119(13,14)15)68-87(62-79)120(16,17)18)49-57-102(108)125-103-58-56-92(126-104-43-33-31-37-98(104)99-38-32-34-44-105(99)126)73-109(103)129(111-75-93(74-110(128)112(111)125)127-106-59-54-84(117(7,8)9)71-100(106)101-72-85(118(10,11)12)55-60-107(101)127)114-95(77-47-52-83(53-48-77)116(4,5)6)40-36-42-97(114)81-65-90(123(25,26)27)70-91(66-81)124(28,29)30/h31-75H,1-30H3/i31D,32D,33D,34D,37D,38D,43D,44D. The summed E-state index contributed by atoms with van der Waals surface area (Å²) in [7, 11) is 0. The van der Waals surface area contributed by atoms with Gasteiger partial charge in [0.05, 0.1) is 50.1 Å². The van der Waals surface area contributed by atoms with Gasteiger partial charge in [-0.3, -0.25) is 0 Å². The maximum Gasteiger partial charge on any atom is 0.252 e. The second-order valence-electron chi connectivity index (χ2n) is 47.6. The zero-order valence-electron chi connectivity index (χ0n) is 90.2. The SMILES string of the molecule is [2H]c1c([2H])c([2H])c2c(c1[2H])c1c([2H])c([2H])c([2H])c([2H])c1n2-c1ccc2c(c1)N(c1c(-c3ccc(C(C)(C)C)cc3)cccc1-c1cc(C(C)(C)C)cc(C(C)(C)C)c1)c1cc(-n3c4ccc(C(C)(C)C)cc4c4cc(C(C)(C)C)ccc43)cc3c1B2c1ccc(-c2cc(C(C)(C)C)cc(C(C)(C)C)c2)cc1N3c1c(-c2ccc(C(C)(C)C)cc2)cccc1-c1cc(C(C)(C)C)cc(C(C)(C)C)c1. The van der Waals surface area contributed by atoms with Crippen molar-refractivity contribution in [3.8, 4) is 67.0 Å². The molecule has 18 rings (SSSR count). The average Bonchev–Trinajstić information content (AvgIpc) is 1.65. The molecular weight excluding hydrogens is 1560 g/mol. The number of para-hydroxylation sites is 4. The van der Waals surface area contributed by atoms with Gasteiger partial charge in [0, 0.05) is 72.2 Å². The van der Waals surface area contributed by atoms with Crippen LogP contribution in [-0.2, 0) is 54.1 Å². The maximum atomic E-state index is 10.2. The first-order valence-corrected chi connectivity index (χ1v) is 46.7. The lowest BCUT2D eigenvalue weighted by Gasteiger charge is -2.46. The summed E-state index contributed by atoms with van der Waals surface area (Å²) in [6.45, 7) is 68.7. The molecule has 0 saturated carbocycles. The van der Waals surface area contributed by atoms with Crippen LogP contribution in [0.5, 0.6) is 0 Å². The second kappa shape index (κ2) is 30.5. The van der Waals surface area contributed by atoms with Crippen molar-refractivity contribution in [3.05, 3.63) is 328 Å². The molecule has 0 atom stereocenters. The molecule has 5 heteroatoms. The van der Waals surface area contributed by atoms with Gasteiger partial charge in [-0.05, 0) is 226 Å². The molecule has 14 aromatic carbocycles. The van der Waals surface area contributed by atoms with Gasteiger partial charge in [-0.25, -0.2) is 0 Å². The minimum Gasteiger partial charge on any atom is -0.310 e. The van der Waals surface area contributed by atoms with Crippen molar-refractivity contribution in [1.82, 2.24) is 9.13 Å². The van der Waals surface area contributed by atoms with E-state index in [1.54, 1.807) is 4.57 Å². The van der Waals surface area contributed by atoms with E-state index in [1.165, 1.54) is 55.6 Å². The lowest BCUT2D eigenvalue weighted by molar-refractivity contribution is 0.568. The third kappa shape index (κ3) is 15.8. The Morgan fingerprint density at radius 1 is 0.217 bits per heavy atom. The van der Waals surface area contributed by atoms with E-state index in [0.29, 0.717) is 5.69 Å². The molecule has 2 aromatic heterocycles. The largest absolute Gasteiger partial charge is 0.310 e. The number of hydrogen-bond acceptors (Lipinski definition) is 2. The summed E-state index contributed by atoms with van der Waals surface area (Å²) in [5.41, 5.74) is 32.0. The van der Waals surface area contributed by atoms with Gasteiger partial charge in [-0.2, -0.15) is 0 Å². The molecule has 4 nitrogen and oxygen atoms in total. The zero-order chi connectivity index (χ0) is 99.2. The number of nitrogens with zero attached hydrogens (tertiary/aromatic N) is 4. The molecule has 654 valence electrons. The molecule has 0 aliphatic carbocycles. The maximum absolute atomic E-state index is 10.2. The van der Waals surface area contributed by atoms with Crippen LogP contribution in [-0.4, -0.2) is 15.8 Å². The van der Waals surface area contributed by atoms with Gasteiger partial charge >= 0.3 is 0 Å². The van der Waals surface area contributed by atoms with Crippen LogP contribution in [0.2, 0.25) is 0 Å². The predicted octanol–water partition coefficient (Wildman–Crippen LogP) is 33.3. The van der Waals surface area contributed by atoms with E-state index >= 15 is 0 Å². The number of hydrogen-bond donors (Lipinski definition) is 0. The Kier molecular flexibility index (Phi) is 18.5. The monoisotopic (exact) mass is 1700 g/mol. The molecule has 0 amide bonds. The van der Waals surface area contributed by atoms with Crippen LogP contribution >= 0.6 is 0 Å². The predicted molar refractivity (Wildman–Crippen MR) is 563 cm³/mol. The van der Waals surface area contributed by atoms with Gasteiger partial charge in [0.25, 0.3) is 6.71 Å². The van der Waals surface area contributed by atoms with E-state index in [1.807, 2.05) is 6.07 Å². The molecular formula is C124H135BN4. The molecule has 2 aliphatic rings. The fourth-order valence-corrected chi connectivity index (χ4v) is 19.6. The number of anilines is 6. The summed E-state index contributed by atoms with van der Waals surface area (Å²) >= 11 is 0. The fourth-order valence-electron chi connectivity index (χ4n) is 19.6. The third-order valence-corrected chi connectivity index (χ3v) is 27.7. The van der Waals surface area contributed by atoms with Crippen LogP contribution < -0.4 is 26.2 Å². The number of aromatic nitrogens is 2. The van der Waals surface area contributed by atoms with Crippen LogP contribution in [0.25, 0.3) is 111 Å². The van der Waals surface area contributed by atoms with E-state index in [9.17, 15) is 11.0 Å². The highest BCUT2D eigenvalue weighted by Crippen LogP contribution is 2.57. The third-order valence-electron chi connectivity index (χ3n) is 27.7. The Balaban J connectivity index is 1.12.